The number of nitrogens with two attached hydrogens (primary N) is 4. The van der Waals surface area contributed by atoms with E-state index in [0.717, 1.165) is 26.2 Å². The Balaban J connectivity index is -0.000000128. The summed E-state index contributed by atoms with van der Waals surface area (Å²) in [4.78, 5) is 8.32. The first-order chi connectivity index (χ1) is 10.3. The van der Waals surface area contributed by atoms with Crippen molar-refractivity contribution >= 4 is 17.9 Å². The topological polar surface area (TPSA) is 192 Å². The molecule has 0 heterocycles. The van der Waals surface area contributed by atoms with Crippen molar-refractivity contribution in [1.29, 1.82) is 10.7 Å². The van der Waals surface area contributed by atoms with Crippen LogP contribution in [0, 0.1) is 16.9 Å². The quantitative estimate of drug-likeness (QED) is 0.228. The van der Waals surface area contributed by atoms with Crippen LogP contribution in [0.25, 0.3) is 0 Å². The van der Waals surface area contributed by atoms with Gasteiger partial charge in [0.05, 0.1) is 0 Å². The van der Waals surface area contributed by atoms with Crippen LogP contribution in [0.4, 0.5) is 0 Å². The van der Waals surface area contributed by atoms with Crippen LogP contribution in [0.1, 0.15) is 35.1 Å². The lowest BCUT2D eigenvalue weighted by Crippen LogP contribution is -2.38. The van der Waals surface area contributed by atoms with Crippen molar-refractivity contribution in [3.63, 3.8) is 0 Å². The molecule has 0 bridgehead atoms. The molecule has 0 aromatic carbocycles. The summed E-state index contributed by atoms with van der Waals surface area (Å²) in [6, 6.07) is 0. The van der Waals surface area contributed by atoms with Gasteiger partial charge in [-0.05, 0) is 26.9 Å². The van der Waals surface area contributed by atoms with Crippen molar-refractivity contribution in [2.75, 3.05) is 26.2 Å². The molecule has 23 heavy (non-hydrogen) atoms. The first-order valence-corrected chi connectivity index (χ1v) is 6.91. The molecule has 0 aromatic heterocycles. The van der Waals surface area contributed by atoms with Gasteiger partial charge in [-0.1, -0.05) is 21.3 Å². The van der Waals surface area contributed by atoms with Gasteiger partial charge in [0, 0.05) is 13.1 Å². The zero-order valence-corrected chi connectivity index (χ0v) is 13.9. The first-order valence-electron chi connectivity index (χ1n) is 6.91. The third-order valence-corrected chi connectivity index (χ3v) is 2.00. The van der Waals surface area contributed by atoms with Gasteiger partial charge in [0.2, 0.25) is 18.1 Å². The van der Waals surface area contributed by atoms with Gasteiger partial charge < -0.3 is 33.2 Å². The molecule has 0 spiro atoms. The van der Waals surface area contributed by atoms with Gasteiger partial charge in [0.25, 0.3) is 0 Å². The van der Waals surface area contributed by atoms with E-state index in [1.54, 1.807) is 0 Å². The molecule has 0 aliphatic heterocycles. The number of guanidine groups is 3. The first kappa shape index (κ1) is 28.6. The van der Waals surface area contributed by atoms with E-state index < -0.39 is 0 Å². The van der Waals surface area contributed by atoms with Crippen molar-refractivity contribution in [3.8, 4) is 6.19 Å². The lowest BCUT2D eigenvalue weighted by molar-refractivity contribution is 0.461. The van der Waals surface area contributed by atoms with Crippen molar-refractivity contribution in [3.05, 3.63) is 0 Å². The normalized spacial score (nSPS) is 8.74. The monoisotopic (exact) mass is 330 g/mol. The Morgan fingerprint density at radius 1 is 1.09 bits per heavy atom. The van der Waals surface area contributed by atoms with Gasteiger partial charge in [-0.25, -0.2) is 0 Å². The highest BCUT2D eigenvalue weighted by Crippen LogP contribution is 1.85. The maximum absolute atomic E-state index is 7.64. The molecular weight excluding hydrogens is 296 g/mol. The molecule has 0 aliphatic rings. The van der Waals surface area contributed by atoms with Gasteiger partial charge in [0.1, 0.15) is 0 Å². The zero-order valence-electron chi connectivity index (χ0n) is 13.9. The van der Waals surface area contributed by atoms with Crippen molar-refractivity contribution in [2.45, 2.75) is 35.1 Å². The summed E-state index contributed by atoms with van der Waals surface area (Å²) in [5.41, 5.74) is 19.9. The standard InChI is InChI=1S/C6H15N5.C4H11N.C2H4N4.CH4/c1-3-11(4-2)6(9)10-5(7)8;1-3-5-4-2;3-1-6-2(4)5;/h3-4H2,1-2H3,(H5,7,8,9,10);5H,3-4H2,1-2H3;(H4,4,5,6);1H4. The number of nitrogens with one attached hydrogen (secondary N) is 2. The van der Waals surface area contributed by atoms with Gasteiger partial charge in [-0.15, -0.1) is 4.99 Å². The zero-order chi connectivity index (χ0) is 18.0. The van der Waals surface area contributed by atoms with E-state index in [1.807, 2.05) is 18.7 Å². The maximum Gasteiger partial charge on any atom is 0.215 e. The van der Waals surface area contributed by atoms with Crippen LogP contribution >= 0.6 is 0 Å². The summed E-state index contributed by atoms with van der Waals surface area (Å²) in [6.07, 6.45) is 1.41. The summed E-state index contributed by atoms with van der Waals surface area (Å²) in [6.45, 7) is 11.9. The average Bonchev–Trinajstić information content (AvgIpc) is 2.41. The number of rotatable bonds is 4. The predicted octanol–water partition coefficient (Wildman–Crippen LogP) is -0.471. The summed E-state index contributed by atoms with van der Waals surface area (Å²) >= 11 is 0. The Morgan fingerprint density at radius 2 is 1.52 bits per heavy atom. The number of hydrogen-bond donors (Lipinski definition) is 6. The van der Waals surface area contributed by atoms with Gasteiger partial charge >= 0.3 is 0 Å². The van der Waals surface area contributed by atoms with E-state index in [2.05, 4.69) is 29.1 Å². The summed E-state index contributed by atoms with van der Waals surface area (Å²) in [5.74, 6) is -0.144. The number of aliphatic imine (C=N–C) groups is 2. The van der Waals surface area contributed by atoms with E-state index in [0.29, 0.717) is 5.96 Å². The molecular formula is C13H34N10. The lowest BCUT2D eigenvalue weighted by atomic mass is 10.5. The van der Waals surface area contributed by atoms with Gasteiger partial charge in [0.15, 0.2) is 5.96 Å². The molecule has 0 unspecified atom stereocenters. The maximum atomic E-state index is 7.64. The summed E-state index contributed by atoms with van der Waals surface area (Å²) in [7, 11) is 0. The van der Waals surface area contributed by atoms with E-state index in [4.69, 9.17) is 33.6 Å². The molecule has 0 fully saturated rings. The van der Waals surface area contributed by atoms with Crippen molar-refractivity contribution in [1.82, 2.24) is 10.2 Å². The van der Waals surface area contributed by atoms with Crippen LogP contribution in [0.3, 0.4) is 0 Å². The number of nitrogens with zero attached hydrogens (tertiary/aromatic N) is 4. The minimum absolute atomic E-state index is 0. The molecule has 0 atom stereocenters. The Morgan fingerprint density at radius 3 is 1.65 bits per heavy atom. The minimum Gasteiger partial charge on any atom is -0.369 e. The smallest absolute Gasteiger partial charge is 0.215 e. The van der Waals surface area contributed by atoms with Crippen LogP contribution in [0.15, 0.2) is 9.98 Å². The Bertz CT molecular complexity index is 359. The molecule has 0 saturated heterocycles. The molecule has 0 amide bonds. The van der Waals surface area contributed by atoms with Crippen molar-refractivity contribution < 1.29 is 0 Å². The molecule has 10 heteroatoms. The largest absolute Gasteiger partial charge is 0.369 e. The van der Waals surface area contributed by atoms with Crippen molar-refractivity contribution in [2.24, 2.45) is 32.9 Å². The Labute approximate surface area is 140 Å². The average molecular weight is 330 g/mol. The second-order valence-electron chi connectivity index (χ2n) is 3.62. The second kappa shape index (κ2) is 21.8. The molecule has 136 valence electrons. The SMILES string of the molecule is C.CCN(CC)C(N)=NC(=N)N.CCNCC.N#CN=C(N)N. The lowest BCUT2D eigenvalue weighted by Gasteiger charge is -2.18. The highest BCUT2D eigenvalue weighted by molar-refractivity contribution is 5.91. The van der Waals surface area contributed by atoms with Crippen LogP contribution < -0.4 is 28.3 Å². The highest BCUT2D eigenvalue weighted by atomic mass is 15.3. The van der Waals surface area contributed by atoms with E-state index in [1.165, 1.54) is 6.19 Å². The van der Waals surface area contributed by atoms with E-state index in [-0.39, 0.29) is 19.3 Å². The fraction of sp³-hybridized carbons (Fsp3) is 0.692. The van der Waals surface area contributed by atoms with E-state index >= 15 is 0 Å². The highest BCUT2D eigenvalue weighted by Gasteiger charge is 2.01. The molecule has 0 saturated carbocycles. The predicted molar refractivity (Wildman–Crippen MR) is 98.8 cm³/mol. The molecule has 0 rings (SSSR count). The Kier molecular flexibility index (Phi) is 27.0. The summed E-state index contributed by atoms with van der Waals surface area (Å²) < 4.78 is 0. The number of nitriles is 1. The fourth-order valence-electron chi connectivity index (χ4n) is 1.05. The summed E-state index contributed by atoms with van der Waals surface area (Å²) in [5, 5.41) is 17.6. The van der Waals surface area contributed by atoms with E-state index in [9.17, 15) is 0 Å². The molecule has 0 radical (unpaired) electrons. The molecule has 0 aliphatic carbocycles. The molecule has 10 N–H and O–H groups in total. The van der Waals surface area contributed by atoms with Gasteiger partial charge in [-0.3, -0.25) is 5.41 Å². The van der Waals surface area contributed by atoms with Gasteiger partial charge in [-0.2, -0.15) is 10.3 Å². The third-order valence-electron chi connectivity index (χ3n) is 2.00. The fourth-order valence-corrected chi connectivity index (χ4v) is 1.05. The molecule has 0 aromatic rings. The number of hydrogen-bond acceptors (Lipinski definition) is 4. The van der Waals surface area contributed by atoms with Crippen LogP contribution in [-0.2, 0) is 0 Å². The second-order valence-corrected chi connectivity index (χ2v) is 3.62. The van der Waals surface area contributed by atoms with Crippen LogP contribution in [-0.4, -0.2) is 49.0 Å². The Hall–Kier alpha value is -2.54. The minimum atomic E-state index is -0.255. The van der Waals surface area contributed by atoms with Crippen LogP contribution in [0.2, 0.25) is 0 Å². The van der Waals surface area contributed by atoms with Crippen LogP contribution in [0.5, 0.6) is 0 Å². The third kappa shape index (κ3) is 28.4. The molecule has 10 nitrogen and oxygen atoms in total.